The number of halogens is 2. The van der Waals surface area contributed by atoms with Crippen molar-refractivity contribution in [1.29, 1.82) is 0 Å². The number of rotatable bonds is 7. The van der Waals surface area contributed by atoms with E-state index in [9.17, 15) is 13.8 Å². The van der Waals surface area contributed by atoms with Gasteiger partial charge in [-0.15, -0.1) is 0 Å². The van der Waals surface area contributed by atoms with Gasteiger partial charge in [0, 0.05) is 25.5 Å². The molecule has 0 atom stereocenters. The fraction of sp³-hybridized carbons (Fsp3) is 0.273. The molecule has 0 saturated carbocycles. The average molecular weight is 637 g/mol. The zero-order valence-electron chi connectivity index (χ0n) is 26.4. The van der Waals surface area contributed by atoms with Crippen LogP contribution in [0.5, 0.6) is 0 Å². The standard InChI is InChI=1S/C17H19BFN5O.C16H16FN5/c1-18(25)24-17-12(15(20-2)23-24)9-13(19)16(22-17)21-14-8-4-6-10-5-3-7-11(10)14;1-18-14-11-8-12(17)16(20-15(11)22-21-14)19-13-7-3-5-9-4-2-6-10(9)13/h4,6,8-9,25H,3,5,7H2,1-2H3,(H,20,23)(H,21,22);3,5,7-8H,2,4,6H2,1H3,(H3,18,19,20,21,22). The third-order valence-electron chi connectivity index (χ3n) is 8.77. The number of aromatic nitrogens is 6. The first-order valence-corrected chi connectivity index (χ1v) is 15.8. The lowest BCUT2D eigenvalue weighted by molar-refractivity contribution is 0.554. The molecule has 2 aliphatic rings. The Bertz CT molecular complexity index is 2110. The van der Waals surface area contributed by atoms with E-state index in [2.05, 4.69) is 58.7 Å². The Kier molecular flexibility index (Phi) is 8.10. The highest BCUT2D eigenvalue weighted by molar-refractivity contribution is 6.47. The van der Waals surface area contributed by atoms with Gasteiger partial charge in [0.1, 0.15) is 0 Å². The second-order valence-corrected chi connectivity index (χ2v) is 11.7. The van der Waals surface area contributed by atoms with Crippen molar-refractivity contribution in [2.75, 3.05) is 35.4 Å². The summed E-state index contributed by atoms with van der Waals surface area (Å²) in [5.41, 5.74) is 7.94. The first kappa shape index (κ1) is 30.4. The van der Waals surface area contributed by atoms with E-state index in [1.165, 1.54) is 39.0 Å². The van der Waals surface area contributed by atoms with Crippen LogP contribution >= 0.6 is 0 Å². The molecule has 240 valence electrons. The highest BCUT2D eigenvalue weighted by Gasteiger charge is 2.22. The van der Waals surface area contributed by atoms with Crippen molar-refractivity contribution in [3.63, 3.8) is 0 Å². The van der Waals surface area contributed by atoms with Gasteiger partial charge in [-0.05, 0) is 91.9 Å². The number of benzene rings is 2. The molecule has 4 aromatic heterocycles. The number of aromatic amines is 1. The molecule has 6 aromatic rings. The number of hydrogen-bond acceptors (Lipinski definition) is 9. The number of pyridine rings is 2. The van der Waals surface area contributed by atoms with Crippen molar-refractivity contribution >= 4 is 63.8 Å². The summed E-state index contributed by atoms with van der Waals surface area (Å²) in [5.74, 6) is 0.588. The number of anilines is 6. The molecule has 0 bridgehead atoms. The molecule has 14 heteroatoms. The lowest BCUT2D eigenvalue weighted by atomic mass is 9.89. The molecule has 4 heterocycles. The summed E-state index contributed by atoms with van der Waals surface area (Å²) < 4.78 is 30.4. The quantitative estimate of drug-likeness (QED) is 0.114. The van der Waals surface area contributed by atoms with Gasteiger partial charge < -0.3 is 26.3 Å². The minimum Gasteiger partial charge on any atom is -0.431 e. The summed E-state index contributed by atoms with van der Waals surface area (Å²) in [4.78, 5) is 8.72. The summed E-state index contributed by atoms with van der Waals surface area (Å²) in [6, 6.07) is 15.0. The van der Waals surface area contributed by atoms with E-state index in [1.807, 2.05) is 24.3 Å². The van der Waals surface area contributed by atoms with E-state index >= 15 is 0 Å². The number of fused-ring (bicyclic) bond motifs is 4. The molecule has 6 N–H and O–H groups in total. The predicted molar refractivity (Wildman–Crippen MR) is 183 cm³/mol. The summed E-state index contributed by atoms with van der Waals surface area (Å²) in [7, 11) is 2.58. The molecule has 0 unspecified atom stereocenters. The molecular weight excluding hydrogens is 601 g/mol. The Hall–Kier alpha value is -5.24. The largest absolute Gasteiger partial charge is 0.433 e. The molecule has 8 rings (SSSR count). The van der Waals surface area contributed by atoms with E-state index in [1.54, 1.807) is 20.9 Å². The fourth-order valence-electron chi connectivity index (χ4n) is 6.50. The van der Waals surface area contributed by atoms with Gasteiger partial charge in [0.05, 0.1) is 10.8 Å². The minimum atomic E-state index is -0.864. The van der Waals surface area contributed by atoms with Crippen LogP contribution in [0.25, 0.3) is 22.1 Å². The number of aryl methyl sites for hydroxylation is 2. The van der Waals surface area contributed by atoms with Crippen molar-refractivity contribution in [1.82, 2.24) is 29.9 Å². The van der Waals surface area contributed by atoms with E-state index in [-0.39, 0.29) is 17.5 Å². The van der Waals surface area contributed by atoms with Crippen LogP contribution in [0.4, 0.5) is 43.4 Å². The van der Waals surface area contributed by atoms with Gasteiger partial charge in [-0.3, -0.25) is 9.69 Å². The van der Waals surface area contributed by atoms with Crippen LogP contribution in [-0.2, 0) is 25.7 Å². The SMILES string of the molecule is CNc1n[nH]c2nc(Nc3cccc4c3CCC4)c(F)cc12.CNc1nn(B(C)O)c2nc(Nc3cccc4c3CCC4)c(F)cc12. The molecule has 2 aromatic carbocycles. The molecule has 0 saturated heterocycles. The predicted octanol–water partition coefficient (Wildman–Crippen LogP) is 6.17. The monoisotopic (exact) mass is 636 g/mol. The average Bonchev–Trinajstić information content (AvgIpc) is 3.87. The molecule has 0 radical (unpaired) electrons. The van der Waals surface area contributed by atoms with E-state index in [4.69, 9.17) is 0 Å². The van der Waals surface area contributed by atoms with Crippen LogP contribution in [0.1, 0.15) is 35.1 Å². The maximum Gasteiger partial charge on any atom is 0.433 e. The number of hydrogen-bond donors (Lipinski definition) is 6. The molecule has 0 aliphatic heterocycles. The first-order valence-electron chi connectivity index (χ1n) is 15.8. The maximum absolute atomic E-state index is 14.6. The van der Waals surface area contributed by atoms with E-state index < -0.39 is 12.9 Å². The normalized spacial score (nSPS) is 13.2. The molecular formula is C33H35BF2N10O. The molecule has 0 spiro atoms. The summed E-state index contributed by atoms with van der Waals surface area (Å²) >= 11 is 0. The number of nitrogens with one attached hydrogen (secondary N) is 5. The van der Waals surface area contributed by atoms with Crippen LogP contribution < -0.4 is 21.3 Å². The smallest absolute Gasteiger partial charge is 0.431 e. The zero-order chi connectivity index (χ0) is 32.7. The van der Waals surface area contributed by atoms with E-state index in [0.717, 1.165) is 49.9 Å². The second-order valence-electron chi connectivity index (χ2n) is 11.7. The molecule has 11 nitrogen and oxygen atoms in total. The Labute approximate surface area is 270 Å². The first-order chi connectivity index (χ1) is 22.8. The molecule has 0 fully saturated rings. The van der Waals surface area contributed by atoms with Crippen LogP contribution in [0.2, 0.25) is 6.82 Å². The van der Waals surface area contributed by atoms with Gasteiger partial charge in [-0.2, -0.15) is 10.2 Å². The van der Waals surface area contributed by atoms with Crippen LogP contribution in [0.3, 0.4) is 0 Å². The van der Waals surface area contributed by atoms with Gasteiger partial charge in [-0.1, -0.05) is 24.3 Å². The van der Waals surface area contributed by atoms with Crippen LogP contribution in [0.15, 0.2) is 48.5 Å². The number of H-pyrrole nitrogens is 1. The van der Waals surface area contributed by atoms with Crippen molar-refractivity contribution in [2.24, 2.45) is 0 Å². The fourth-order valence-corrected chi connectivity index (χ4v) is 6.50. The third kappa shape index (κ3) is 5.69. The Morgan fingerprint density at radius 2 is 1.34 bits per heavy atom. The Morgan fingerprint density at radius 1 is 0.766 bits per heavy atom. The lowest BCUT2D eigenvalue weighted by Crippen LogP contribution is -2.21. The second kappa shape index (κ2) is 12.5. The van der Waals surface area contributed by atoms with Gasteiger partial charge in [0.2, 0.25) is 0 Å². The Balaban J connectivity index is 0.000000151. The van der Waals surface area contributed by atoms with Gasteiger partial charge >= 0.3 is 7.05 Å². The minimum absolute atomic E-state index is 0.136. The van der Waals surface area contributed by atoms with Crippen molar-refractivity contribution < 1.29 is 13.8 Å². The zero-order valence-corrected chi connectivity index (χ0v) is 26.4. The van der Waals surface area contributed by atoms with E-state index in [0.29, 0.717) is 33.7 Å². The van der Waals surface area contributed by atoms with Gasteiger partial charge in [0.15, 0.2) is 46.2 Å². The molecule has 0 amide bonds. The van der Waals surface area contributed by atoms with Crippen molar-refractivity contribution in [3.05, 3.63) is 82.4 Å². The molecule has 47 heavy (non-hydrogen) atoms. The van der Waals surface area contributed by atoms with Crippen molar-refractivity contribution in [2.45, 2.75) is 45.3 Å². The highest BCUT2D eigenvalue weighted by Crippen LogP contribution is 2.34. The summed E-state index contributed by atoms with van der Waals surface area (Å²) in [6.45, 7) is 1.59. The highest BCUT2D eigenvalue weighted by atomic mass is 19.1. The molecule has 2 aliphatic carbocycles. The van der Waals surface area contributed by atoms with Crippen LogP contribution in [0, 0.1) is 11.6 Å². The topological polar surface area (TPSA) is 141 Å². The Morgan fingerprint density at radius 3 is 1.91 bits per heavy atom. The maximum atomic E-state index is 14.6. The van der Waals surface area contributed by atoms with Crippen molar-refractivity contribution in [3.8, 4) is 0 Å². The van der Waals surface area contributed by atoms with Gasteiger partial charge in [-0.25, -0.2) is 18.7 Å². The third-order valence-corrected chi connectivity index (χ3v) is 8.77. The number of nitrogens with zero attached hydrogens (tertiary/aromatic N) is 5. The van der Waals surface area contributed by atoms with Gasteiger partial charge in [0.25, 0.3) is 0 Å². The summed E-state index contributed by atoms with van der Waals surface area (Å²) in [5, 5.41) is 34.3. The van der Waals surface area contributed by atoms with Crippen LogP contribution in [-0.4, -0.2) is 56.0 Å². The summed E-state index contributed by atoms with van der Waals surface area (Å²) in [6.07, 6.45) is 6.42. The lowest BCUT2D eigenvalue weighted by Gasteiger charge is -2.12.